The molecule has 0 aliphatic heterocycles. The van der Waals surface area contributed by atoms with E-state index in [0.717, 1.165) is 10.4 Å². The summed E-state index contributed by atoms with van der Waals surface area (Å²) in [6.45, 7) is 5.61. The minimum absolute atomic E-state index is 0.0774. The van der Waals surface area contributed by atoms with E-state index in [-0.39, 0.29) is 11.8 Å². The maximum atomic E-state index is 11.7. The first-order valence-electron chi connectivity index (χ1n) is 5.13. The molecule has 0 saturated heterocycles. The fraction of sp³-hybridized carbons (Fsp3) is 0.455. The van der Waals surface area contributed by atoms with Crippen molar-refractivity contribution >= 4 is 28.2 Å². The summed E-state index contributed by atoms with van der Waals surface area (Å²) in [5, 5.41) is 5.98. The highest BCUT2D eigenvalue weighted by Crippen LogP contribution is 2.32. The Labute approximate surface area is 99.0 Å². The quantitative estimate of drug-likeness (QED) is 0.849. The highest BCUT2D eigenvalue weighted by atomic mass is 32.1. The van der Waals surface area contributed by atoms with Crippen LogP contribution in [0.1, 0.15) is 34.1 Å². The molecule has 0 bridgehead atoms. The van der Waals surface area contributed by atoms with Crippen LogP contribution in [-0.4, -0.2) is 18.9 Å². The molecule has 0 spiro atoms. The molecule has 1 aromatic rings. The smallest absolute Gasteiger partial charge is 0.254 e. The van der Waals surface area contributed by atoms with Crippen LogP contribution >= 0.6 is 11.3 Å². The third-order valence-corrected chi connectivity index (χ3v) is 3.54. The van der Waals surface area contributed by atoms with Crippen LogP contribution in [-0.2, 0) is 4.79 Å². The SMILES string of the molecule is CCC(=O)Nc1sc(C)c(C)c1C(=O)NC. The topological polar surface area (TPSA) is 58.2 Å². The molecule has 0 aliphatic carbocycles. The van der Waals surface area contributed by atoms with Crippen molar-refractivity contribution in [3.63, 3.8) is 0 Å². The number of thiophene rings is 1. The number of carbonyl (C=O) groups is 2. The monoisotopic (exact) mass is 240 g/mol. The largest absolute Gasteiger partial charge is 0.355 e. The average molecular weight is 240 g/mol. The summed E-state index contributed by atoms with van der Waals surface area (Å²) in [7, 11) is 1.58. The van der Waals surface area contributed by atoms with Gasteiger partial charge in [-0.25, -0.2) is 0 Å². The van der Waals surface area contributed by atoms with Crippen molar-refractivity contribution in [2.24, 2.45) is 0 Å². The van der Waals surface area contributed by atoms with E-state index in [1.54, 1.807) is 14.0 Å². The molecule has 2 amide bonds. The van der Waals surface area contributed by atoms with Crippen LogP contribution in [0.4, 0.5) is 5.00 Å². The van der Waals surface area contributed by atoms with Crippen molar-refractivity contribution in [2.75, 3.05) is 12.4 Å². The number of aryl methyl sites for hydroxylation is 1. The maximum Gasteiger partial charge on any atom is 0.254 e. The molecule has 0 fully saturated rings. The van der Waals surface area contributed by atoms with Crippen LogP contribution in [0.25, 0.3) is 0 Å². The fourth-order valence-electron chi connectivity index (χ4n) is 1.33. The first-order valence-corrected chi connectivity index (χ1v) is 5.94. The van der Waals surface area contributed by atoms with E-state index in [2.05, 4.69) is 10.6 Å². The second-order valence-electron chi connectivity index (χ2n) is 3.47. The van der Waals surface area contributed by atoms with Gasteiger partial charge in [0.15, 0.2) is 0 Å². The number of hydrogen-bond acceptors (Lipinski definition) is 3. The van der Waals surface area contributed by atoms with Gasteiger partial charge in [0.2, 0.25) is 5.91 Å². The summed E-state index contributed by atoms with van der Waals surface area (Å²) in [5.74, 6) is -0.236. The molecule has 1 heterocycles. The number of carbonyl (C=O) groups excluding carboxylic acids is 2. The zero-order valence-corrected chi connectivity index (χ0v) is 10.7. The molecule has 1 aromatic heterocycles. The van der Waals surface area contributed by atoms with Crippen LogP contribution in [0.3, 0.4) is 0 Å². The Morgan fingerprint density at radius 1 is 1.31 bits per heavy atom. The Hall–Kier alpha value is -1.36. The molecule has 0 radical (unpaired) electrons. The van der Waals surface area contributed by atoms with E-state index in [9.17, 15) is 9.59 Å². The van der Waals surface area contributed by atoms with E-state index >= 15 is 0 Å². The lowest BCUT2D eigenvalue weighted by molar-refractivity contribution is -0.115. The molecule has 0 saturated carbocycles. The summed E-state index contributed by atoms with van der Waals surface area (Å²) in [6.07, 6.45) is 0.406. The van der Waals surface area contributed by atoms with Crippen molar-refractivity contribution in [1.29, 1.82) is 0 Å². The third-order valence-electron chi connectivity index (χ3n) is 2.41. The highest BCUT2D eigenvalue weighted by molar-refractivity contribution is 7.16. The van der Waals surface area contributed by atoms with E-state index < -0.39 is 0 Å². The second-order valence-corrected chi connectivity index (χ2v) is 4.69. The summed E-state index contributed by atoms with van der Waals surface area (Å²) in [6, 6.07) is 0. The van der Waals surface area contributed by atoms with Crippen molar-refractivity contribution in [3.05, 3.63) is 16.0 Å². The Bertz CT molecular complexity index is 424. The van der Waals surface area contributed by atoms with Crippen LogP contribution in [0.5, 0.6) is 0 Å². The Balaban J connectivity index is 3.13. The van der Waals surface area contributed by atoms with Gasteiger partial charge in [-0.2, -0.15) is 0 Å². The normalized spacial score (nSPS) is 10.0. The first kappa shape index (κ1) is 12.7. The van der Waals surface area contributed by atoms with Gasteiger partial charge in [-0.15, -0.1) is 11.3 Å². The van der Waals surface area contributed by atoms with Crippen molar-refractivity contribution in [1.82, 2.24) is 5.32 Å². The molecular formula is C11H16N2O2S. The molecule has 16 heavy (non-hydrogen) atoms. The Morgan fingerprint density at radius 3 is 2.44 bits per heavy atom. The minimum atomic E-state index is -0.159. The molecule has 0 unspecified atom stereocenters. The van der Waals surface area contributed by atoms with Crippen LogP contribution in [0, 0.1) is 13.8 Å². The molecule has 2 N–H and O–H groups in total. The predicted octanol–water partition coefficient (Wildman–Crippen LogP) is 2.07. The molecule has 1 rings (SSSR count). The number of hydrogen-bond donors (Lipinski definition) is 2. The summed E-state index contributed by atoms with van der Waals surface area (Å²) < 4.78 is 0. The standard InChI is InChI=1S/C11H16N2O2S/c1-5-8(14)13-11-9(10(15)12-4)6(2)7(3)16-11/h5H2,1-4H3,(H,12,15)(H,13,14). The van der Waals surface area contributed by atoms with Gasteiger partial charge in [0.25, 0.3) is 5.91 Å². The van der Waals surface area contributed by atoms with Crippen LogP contribution in [0.2, 0.25) is 0 Å². The molecular weight excluding hydrogens is 224 g/mol. The van der Waals surface area contributed by atoms with Gasteiger partial charge in [-0.1, -0.05) is 6.92 Å². The van der Waals surface area contributed by atoms with Gasteiger partial charge in [0.05, 0.1) is 5.56 Å². The Morgan fingerprint density at radius 2 is 1.94 bits per heavy atom. The zero-order chi connectivity index (χ0) is 12.3. The average Bonchev–Trinajstić information content (AvgIpc) is 2.53. The lowest BCUT2D eigenvalue weighted by Crippen LogP contribution is -2.20. The molecule has 4 nitrogen and oxygen atoms in total. The molecule has 0 aromatic carbocycles. The molecule has 0 atom stereocenters. The number of nitrogens with one attached hydrogen (secondary N) is 2. The van der Waals surface area contributed by atoms with E-state index in [1.807, 2.05) is 13.8 Å². The highest BCUT2D eigenvalue weighted by Gasteiger charge is 2.19. The zero-order valence-electron chi connectivity index (χ0n) is 9.93. The van der Waals surface area contributed by atoms with Gasteiger partial charge < -0.3 is 10.6 Å². The number of anilines is 1. The van der Waals surface area contributed by atoms with Crippen LogP contribution < -0.4 is 10.6 Å². The van der Waals surface area contributed by atoms with Crippen molar-refractivity contribution in [3.8, 4) is 0 Å². The number of rotatable bonds is 3. The fourth-order valence-corrected chi connectivity index (χ4v) is 2.40. The van der Waals surface area contributed by atoms with Crippen LogP contribution in [0.15, 0.2) is 0 Å². The van der Waals surface area contributed by atoms with E-state index in [1.165, 1.54) is 11.3 Å². The van der Waals surface area contributed by atoms with E-state index in [0.29, 0.717) is 17.0 Å². The van der Waals surface area contributed by atoms with E-state index in [4.69, 9.17) is 0 Å². The van der Waals surface area contributed by atoms with Gasteiger partial charge >= 0.3 is 0 Å². The van der Waals surface area contributed by atoms with Gasteiger partial charge in [-0.3, -0.25) is 9.59 Å². The second kappa shape index (κ2) is 5.12. The number of amides is 2. The van der Waals surface area contributed by atoms with Crippen molar-refractivity contribution in [2.45, 2.75) is 27.2 Å². The first-order chi connectivity index (χ1) is 7.51. The predicted molar refractivity (Wildman–Crippen MR) is 66.1 cm³/mol. The lowest BCUT2D eigenvalue weighted by Gasteiger charge is -2.05. The Kier molecular flexibility index (Phi) is 4.06. The van der Waals surface area contributed by atoms with Crippen molar-refractivity contribution < 1.29 is 9.59 Å². The summed E-state index contributed by atoms with van der Waals surface area (Å²) in [4.78, 5) is 24.1. The molecule has 5 heteroatoms. The van der Waals surface area contributed by atoms with Gasteiger partial charge in [0.1, 0.15) is 5.00 Å². The van der Waals surface area contributed by atoms with Gasteiger partial charge in [0, 0.05) is 18.3 Å². The minimum Gasteiger partial charge on any atom is -0.355 e. The van der Waals surface area contributed by atoms with Gasteiger partial charge in [-0.05, 0) is 19.4 Å². The summed E-state index contributed by atoms with van der Waals surface area (Å²) >= 11 is 1.44. The molecule has 0 aliphatic rings. The lowest BCUT2D eigenvalue weighted by atomic mass is 10.1. The summed E-state index contributed by atoms with van der Waals surface area (Å²) in [5.41, 5.74) is 1.50. The maximum absolute atomic E-state index is 11.7. The third kappa shape index (κ3) is 2.41. The molecule has 88 valence electrons.